The van der Waals surface area contributed by atoms with Crippen LogP contribution in [0.15, 0.2) is 30.6 Å². The fraction of sp³-hybridized carbons (Fsp3) is 0.375. The van der Waals surface area contributed by atoms with E-state index in [1.807, 2.05) is 4.90 Å². The molecule has 7 nitrogen and oxygen atoms in total. The van der Waals surface area contributed by atoms with E-state index in [9.17, 15) is 18.0 Å². The predicted octanol–water partition coefficient (Wildman–Crippen LogP) is 1.52. The summed E-state index contributed by atoms with van der Waals surface area (Å²) in [7, 11) is 0. The molecule has 2 aromatic rings. The topological polar surface area (TPSA) is 78.0 Å². The second-order valence-corrected chi connectivity index (χ2v) is 5.79. The smallest absolute Gasteiger partial charge is 0.368 e. The van der Waals surface area contributed by atoms with E-state index in [1.165, 1.54) is 17.1 Å². The maximum atomic E-state index is 12.8. The van der Waals surface area contributed by atoms with E-state index in [0.29, 0.717) is 31.9 Å². The molecule has 2 heterocycles. The largest absolute Gasteiger partial charge is 0.416 e. The Balaban J connectivity index is 1.59. The zero-order valence-electron chi connectivity index (χ0n) is 13.6. The van der Waals surface area contributed by atoms with Gasteiger partial charge in [0.15, 0.2) is 0 Å². The molecule has 0 unspecified atom stereocenters. The maximum Gasteiger partial charge on any atom is 0.416 e. The van der Waals surface area contributed by atoms with Gasteiger partial charge >= 0.3 is 6.18 Å². The number of halogens is 3. The summed E-state index contributed by atoms with van der Waals surface area (Å²) in [6, 6.07) is 6.96. The van der Waals surface area contributed by atoms with Crippen LogP contribution in [0, 0.1) is 11.3 Å². The maximum absolute atomic E-state index is 12.8. The van der Waals surface area contributed by atoms with Crippen LogP contribution in [0.5, 0.6) is 0 Å². The van der Waals surface area contributed by atoms with Gasteiger partial charge in [-0.05, 0) is 18.2 Å². The molecular weight excluding hydrogens is 349 g/mol. The summed E-state index contributed by atoms with van der Waals surface area (Å²) >= 11 is 0. The van der Waals surface area contributed by atoms with Crippen LogP contribution < -0.4 is 4.90 Å². The molecule has 1 aromatic carbocycles. The monoisotopic (exact) mass is 364 g/mol. The lowest BCUT2D eigenvalue weighted by Gasteiger charge is -2.36. The van der Waals surface area contributed by atoms with Crippen molar-refractivity contribution in [2.45, 2.75) is 12.7 Å². The van der Waals surface area contributed by atoms with Crippen molar-refractivity contribution in [3.63, 3.8) is 0 Å². The number of anilines is 1. The molecule has 1 fully saturated rings. The predicted molar refractivity (Wildman–Crippen MR) is 85.0 cm³/mol. The number of alkyl halides is 3. The minimum Gasteiger partial charge on any atom is -0.368 e. The number of hydrogen-bond donors (Lipinski definition) is 0. The van der Waals surface area contributed by atoms with Crippen LogP contribution >= 0.6 is 0 Å². The number of aromatic nitrogens is 3. The van der Waals surface area contributed by atoms with Gasteiger partial charge < -0.3 is 9.80 Å². The van der Waals surface area contributed by atoms with E-state index in [0.717, 1.165) is 12.1 Å². The first-order valence-corrected chi connectivity index (χ1v) is 7.86. The summed E-state index contributed by atoms with van der Waals surface area (Å²) < 4.78 is 39.8. The quantitative estimate of drug-likeness (QED) is 0.825. The van der Waals surface area contributed by atoms with Crippen molar-refractivity contribution in [2.75, 3.05) is 31.1 Å². The SMILES string of the molecule is N#Cc1ncn(CC(=O)N2CCN(c3cccc(C(F)(F)F)c3)CC2)n1. The lowest BCUT2D eigenvalue weighted by atomic mass is 10.1. The van der Waals surface area contributed by atoms with Crippen LogP contribution in [0.3, 0.4) is 0 Å². The minimum atomic E-state index is -4.38. The van der Waals surface area contributed by atoms with Gasteiger partial charge in [-0.25, -0.2) is 9.67 Å². The average molecular weight is 364 g/mol. The van der Waals surface area contributed by atoms with Gasteiger partial charge in [0.1, 0.15) is 18.9 Å². The molecule has 0 atom stereocenters. The van der Waals surface area contributed by atoms with Crippen molar-refractivity contribution in [3.05, 3.63) is 42.0 Å². The molecule has 1 amide bonds. The Morgan fingerprint density at radius 3 is 2.58 bits per heavy atom. The first-order chi connectivity index (χ1) is 12.4. The number of carbonyl (C=O) groups is 1. The molecule has 10 heteroatoms. The van der Waals surface area contributed by atoms with E-state index in [1.54, 1.807) is 17.0 Å². The lowest BCUT2D eigenvalue weighted by Crippen LogP contribution is -2.49. The van der Waals surface area contributed by atoms with Crippen molar-refractivity contribution in [1.29, 1.82) is 5.26 Å². The molecule has 1 saturated heterocycles. The highest BCUT2D eigenvalue weighted by Gasteiger charge is 2.31. The van der Waals surface area contributed by atoms with E-state index >= 15 is 0 Å². The molecule has 0 saturated carbocycles. The number of carbonyl (C=O) groups excluding carboxylic acids is 1. The van der Waals surface area contributed by atoms with Crippen molar-refractivity contribution in [2.24, 2.45) is 0 Å². The molecule has 0 bridgehead atoms. The van der Waals surface area contributed by atoms with Crippen molar-refractivity contribution in [1.82, 2.24) is 19.7 Å². The van der Waals surface area contributed by atoms with Gasteiger partial charge in [0.2, 0.25) is 5.91 Å². The van der Waals surface area contributed by atoms with E-state index in [-0.39, 0.29) is 18.3 Å². The number of amides is 1. The van der Waals surface area contributed by atoms with Crippen molar-refractivity contribution >= 4 is 11.6 Å². The van der Waals surface area contributed by atoms with Crippen molar-refractivity contribution in [3.8, 4) is 6.07 Å². The first kappa shape index (κ1) is 17.7. The van der Waals surface area contributed by atoms with Gasteiger partial charge in [-0.3, -0.25) is 4.79 Å². The van der Waals surface area contributed by atoms with Gasteiger partial charge in [-0.1, -0.05) is 6.07 Å². The van der Waals surface area contributed by atoms with Crippen LogP contribution in [0.2, 0.25) is 0 Å². The van der Waals surface area contributed by atoms with Gasteiger partial charge in [-0.2, -0.15) is 18.4 Å². The lowest BCUT2D eigenvalue weighted by molar-refractivity contribution is -0.137. The molecule has 0 N–H and O–H groups in total. The zero-order chi connectivity index (χ0) is 18.7. The Morgan fingerprint density at radius 1 is 1.23 bits per heavy atom. The van der Waals surface area contributed by atoms with Gasteiger partial charge in [0.05, 0.1) is 5.56 Å². The summed E-state index contributed by atoms with van der Waals surface area (Å²) in [6.45, 7) is 1.64. The van der Waals surface area contributed by atoms with Crippen LogP contribution in [0.25, 0.3) is 0 Å². The number of rotatable bonds is 3. The summed E-state index contributed by atoms with van der Waals surface area (Å²) in [4.78, 5) is 19.5. The molecule has 0 spiro atoms. The molecule has 0 aliphatic carbocycles. The molecule has 1 aromatic heterocycles. The highest BCUT2D eigenvalue weighted by atomic mass is 19.4. The third-order valence-electron chi connectivity index (χ3n) is 4.10. The minimum absolute atomic E-state index is 0.00725. The second kappa shape index (κ2) is 7.03. The molecular formula is C16H15F3N6O. The number of nitrogens with zero attached hydrogens (tertiary/aromatic N) is 6. The van der Waals surface area contributed by atoms with Gasteiger partial charge in [0.25, 0.3) is 5.82 Å². The zero-order valence-corrected chi connectivity index (χ0v) is 13.6. The fourth-order valence-electron chi connectivity index (χ4n) is 2.75. The van der Waals surface area contributed by atoms with Gasteiger partial charge in [0, 0.05) is 31.9 Å². The van der Waals surface area contributed by atoms with Crippen LogP contribution in [-0.4, -0.2) is 51.8 Å². The molecule has 0 radical (unpaired) electrons. The highest BCUT2D eigenvalue weighted by molar-refractivity contribution is 5.76. The van der Waals surface area contributed by atoms with Crippen molar-refractivity contribution < 1.29 is 18.0 Å². The Hall–Kier alpha value is -3.09. The first-order valence-electron chi connectivity index (χ1n) is 7.86. The third kappa shape index (κ3) is 3.93. The van der Waals surface area contributed by atoms with Gasteiger partial charge in [-0.15, -0.1) is 5.10 Å². The van der Waals surface area contributed by atoms with E-state index in [4.69, 9.17) is 5.26 Å². The Bertz CT molecular complexity index is 833. The highest BCUT2D eigenvalue weighted by Crippen LogP contribution is 2.31. The third-order valence-corrected chi connectivity index (χ3v) is 4.10. The average Bonchev–Trinajstić information content (AvgIpc) is 3.09. The van der Waals surface area contributed by atoms with Crippen LogP contribution in [0.4, 0.5) is 18.9 Å². The summed E-state index contributed by atoms with van der Waals surface area (Å²) in [5.74, 6) is -0.185. The number of hydrogen-bond acceptors (Lipinski definition) is 5. The molecule has 136 valence electrons. The normalized spacial score (nSPS) is 15.0. The molecule has 1 aliphatic rings. The summed E-state index contributed by atoms with van der Waals surface area (Å²) in [6.07, 6.45) is -3.07. The van der Waals surface area contributed by atoms with E-state index in [2.05, 4.69) is 10.1 Å². The molecule has 1 aliphatic heterocycles. The molecule has 3 rings (SSSR count). The number of piperazine rings is 1. The summed E-state index contributed by atoms with van der Waals surface area (Å²) in [5.41, 5.74) is -0.199. The summed E-state index contributed by atoms with van der Waals surface area (Å²) in [5, 5.41) is 12.5. The Labute approximate surface area is 147 Å². The number of nitriles is 1. The Morgan fingerprint density at radius 2 is 1.96 bits per heavy atom. The Kier molecular flexibility index (Phi) is 4.79. The second-order valence-electron chi connectivity index (χ2n) is 5.79. The number of benzene rings is 1. The van der Waals surface area contributed by atoms with Crippen LogP contribution in [-0.2, 0) is 17.5 Å². The van der Waals surface area contributed by atoms with Crippen LogP contribution in [0.1, 0.15) is 11.4 Å². The fourth-order valence-corrected chi connectivity index (χ4v) is 2.75. The standard InChI is InChI=1S/C16H15F3N6O/c17-16(18,19)12-2-1-3-13(8-12)23-4-6-24(7-5-23)15(26)10-25-11-21-14(9-20)22-25/h1-3,8,11H,4-7,10H2. The molecule has 26 heavy (non-hydrogen) atoms. The van der Waals surface area contributed by atoms with E-state index < -0.39 is 11.7 Å².